The van der Waals surface area contributed by atoms with E-state index in [1.54, 1.807) is 18.4 Å². The first-order valence-electron chi connectivity index (χ1n) is 5.70. The van der Waals surface area contributed by atoms with Crippen LogP contribution in [0.4, 0.5) is 0 Å². The number of ether oxygens (including phenoxy) is 1. The predicted octanol–water partition coefficient (Wildman–Crippen LogP) is 4.03. The molecule has 0 spiro atoms. The summed E-state index contributed by atoms with van der Waals surface area (Å²) in [7, 11) is 3.63. The molecule has 0 aliphatic carbocycles. The number of aryl methyl sites for hydroxylation is 1. The van der Waals surface area contributed by atoms with Crippen LogP contribution in [0.15, 0.2) is 29.0 Å². The lowest BCUT2D eigenvalue weighted by molar-refractivity contribution is 0.405. The summed E-state index contributed by atoms with van der Waals surface area (Å²) in [6.45, 7) is 2.12. The molecule has 96 valence electrons. The van der Waals surface area contributed by atoms with Crippen LogP contribution in [0.25, 0.3) is 0 Å². The smallest absolute Gasteiger partial charge is 0.124 e. The molecule has 2 aromatic rings. The molecule has 0 aliphatic heterocycles. The van der Waals surface area contributed by atoms with Gasteiger partial charge in [-0.2, -0.15) is 11.3 Å². The largest absolute Gasteiger partial charge is 0.496 e. The average Bonchev–Trinajstić information content (AvgIpc) is 2.77. The summed E-state index contributed by atoms with van der Waals surface area (Å²) < 4.78 is 5.43. The first-order chi connectivity index (χ1) is 8.67. The van der Waals surface area contributed by atoms with Crippen molar-refractivity contribution in [2.45, 2.75) is 13.0 Å². The molecule has 0 saturated carbocycles. The number of thiophene rings is 1. The Kier molecular flexibility index (Phi) is 4.27. The molecule has 0 saturated heterocycles. The summed E-state index contributed by atoms with van der Waals surface area (Å²) in [5.74, 6) is 0.851. The highest BCUT2D eigenvalue weighted by molar-refractivity contribution is 7.08. The van der Waals surface area contributed by atoms with Gasteiger partial charge in [-0.15, -0.1) is 0 Å². The van der Waals surface area contributed by atoms with E-state index in [1.165, 1.54) is 11.1 Å². The molecule has 2 nitrogen and oxygen atoms in total. The molecule has 0 fully saturated rings. The number of hydrogen-bond acceptors (Lipinski definition) is 3. The summed E-state index contributed by atoms with van der Waals surface area (Å²) in [6.07, 6.45) is 0. The summed E-state index contributed by atoms with van der Waals surface area (Å²) in [5.41, 5.74) is 3.61. The zero-order valence-electron chi connectivity index (χ0n) is 10.7. The zero-order chi connectivity index (χ0) is 13.1. The zero-order valence-corrected chi connectivity index (χ0v) is 12.2. The third-order valence-electron chi connectivity index (χ3n) is 3.00. The highest BCUT2D eigenvalue weighted by Gasteiger charge is 2.19. The van der Waals surface area contributed by atoms with E-state index in [-0.39, 0.29) is 6.04 Å². The first kappa shape index (κ1) is 13.4. The van der Waals surface area contributed by atoms with E-state index in [4.69, 9.17) is 16.3 Å². The Morgan fingerprint density at radius 1 is 1.28 bits per heavy atom. The Bertz CT molecular complexity index is 538. The van der Waals surface area contributed by atoms with Crippen molar-refractivity contribution >= 4 is 22.9 Å². The molecule has 18 heavy (non-hydrogen) atoms. The van der Waals surface area contributed by atoms with Crippen molar-refractivity contribution in [2.75, 3.05) is 14.2 Å². The maximum atomic E-state index is 6.10. The van der Waals surface area contributed by atoms with Gasteiger partial charge in [0, 0.05) is 10.6 Å². The van der Waals surface area contributed by atoms with Gasteiger partial charge in [-0.1, -0.05) is 11.6 Å². The third kappa shape index (κ3) is 2.53. The van der Waals surface area contributed by atoms with E-state index < -0.39 is 0 Å². The second kappa shape index (κ2) is 5.74. The molecule has 1 aromatic carbocycles. The monoisotopic (exact) mass is 281 g/mol. The SMILES string of the molecule is CNC(c1cscc1C)c1cc(Cl)ccc1OC. The lowest BCUT2D eigenvalue weighted by atomic mass is 9.98. The highest BCUT2D eigenvalue weighted by atomic mass is 35.5. The van der Waals surface area contributed by atoms with Gasteiger partial charge >= 0.3 is 0 Å². The quantitative estimate of drug-likeness (QED) is 0.914. The van der Waals surface area contributed by atoms with Crippen LogP contribution in [-0.4, -0.2) is 14.2 Å². The van der Waals surface area contributed by atoms with Gasteiger partial charge in [0.15, 0.2) is 0 Å². The Labute approximate surface area is 117 Å². The van der Waals surface area contributed by atoms with Gasteiger partial charge in [0.2, 0.25) is 0 Å². The van der Waals surface area contributed by atoms with Crippen molar-refractivity contribution < 1.29 is 4.74 Å². The van der Waals surface area contributed by atoms with Gasteiger partial charge in [-0.3, -0.25) is 0 Å². The van der Waals surface area contributed by atoms with Gasteiger partial charge in [0.1, 0.15) is 5.75 Å². The van der Waals surface area contributed by atoms with E-state index in [2.05, 4.69) is 23.0 Å². The van der Waals surface area contributed by atoms with Crippen molar-refractivity contribution in [2.24, 2.45) is 0 Å². The Balaban J connectivity index is 2.51. The van der Waals surface area contributed by atoms with E-state index in [0.29, 0.717) is 0 Å². The third-order valence-corrected chi connectivity index (χ3v) is 4.11. The number of hydrogen-bond donors (Lipinski definition) is 1. The van der Waals surface area contributed by atoms with Crippen LogP contribution in [0, 0.1) is 6.92 Å². The van der Waals surface area contributed by atoms with E-state index in [1.807, 2.05) is 25.2 Å². The molecule has 1 atom stereocenters. The fourth-order valence-corrected chi connectivity index (χ4v) is 3.13. The van der Waals surface area contributed by atoms with Gasteiger partial charge in [0.25, 0.3) is 0 Å². The molecular formula is C14H16ClNOS. The second-order valence-electron chi connectivity index (χ2n) is 4.12. The van der Waals surface area contributed by atoms with Crippen LogP contribution in [0.3, 0.4) is 0 Å². The minimum Gasteiger partial charge on any atom is -0.496 e. The lowest BCUT2D eigenvalue weighted by Gasteiger charge is -2.20. The molecule has 0 aliphatic rings. The van der Waals surface area contributed by atoms with Gasteiger partial charge in [-0.25, -0.2) is 0 Å². The van der Waals surface area contributed by atoms with Crippen LogP contribution in [-0.2, 0) is 0 Å². The van der Waals surface area contributed by atoms with E-state index in [9.17, 15) is 0 Å². The highest BCUT2D eigenvalue weighted by Crippen LogP contribution is 2.34. The average molecular weight is 282 g/mol. The predicted molar refractivity (Wildman–Crippen MR) is 78.0 cm³/mol. The maximum absolute atomic E-state index is 6.10. The lowest BCUT2D eigenvalue weighted by Crippen LogP contribution is -2.18. The molecule has 1 heterocycles. The fourth-order valence-electron chi connectivity index (χ4n) is 2.08. The summed E-state index contributed by atoms with van der Waals surface area (Å²) in [4.78, 5) is 0. The topological polar surface area (TPSA) is 21.3 Å². The van der Waals surface area contributed by atoms with Gasteiger partial charge in [-0.05, 0) is 54.1 Å². The number of halogens is 1. The van der Waals surface area contributed by atoms with Crippen molar-refractivity contribution in [1.29, 1.82) is 0 Å². The second-order valence-corrected chi connectivity index (χ2v) is 5.30. The molecule has 0 radical (unpaired) electrons. The number of benzene rings is 1. The first-order valence-corrected chi connectivity index (χ1v) is 7.02. The molecule has 2 rings (SSSR count). The van der Waals surface area contributed by atoms with Crippen LogP contribution >= 0.6 is 22.9 Å². The molecule has 4 heteroatoms. The number of methoxy groups -OCH3 is 1. The molecule has 0 bridgehead atoms. The summed E-state index contributed by atoms with van der Waals surface area (Å²) in [5, 5.41) is 8.37. The number of nitrogens with one attached hydrogen (secondary N) is 1. The van der Waals surface area contributed by atoms with E-state index >= 15 is 0 Å². The minimum atomic E-state index is 0.102. The van der Waals surface area contributed by atoms with Crippen molar-refractivity contribution in [3.63, 3.8) is 0 Å². The number of rotatable bonds is 4. The molecule has 0 amide bonds. The minimum absolute atomic E-state index is 0.102. The normalized spacial score (nSPS) is 12.4. The van der Waals surface area contributed by atoms with Crippen LogP contribution in [0.2, 0.25) is 5.02 Å². The van der Waals surface area contributed by atoms with Crippen LogP contribution in [0.1, 0.15) is 22.7 Å². The Hall–Kier alpha value is -1.03. The van der Waals surface area contributed by atoms with Gasteiger partial charge in [0.05, 0.1) is 13.2 Å². The standard InChI is InChI=1S/C14H16ClNOS/c1-9-7-18-8-12(9)14(16-2)11-6-10(15)4-5-13(11)17-3/h4-8,14,16H,1-3H3. The van der Waals surface area contributed by atoms with Crippen LogP contribution in [0.5, 0.6) is 5.75 Å². The summed E-state index contributed by atoms with van der Waals surface area (Å²) in [6, 6.07) is 5.81. The van der Waals surface area contributed by atoms with Crippen molar-refractivity contribution in [1.82, 2.24) is 5.32 Å². The van der Waals surface area contributed by atoms with Crippen molar-refractivity contribution in [3.8, 4) is 5.75 Å². The van der Waals surface area contributed by atoms with Crippen molar-refractivity contribution in [3.05, 3.63) is 50.7 Å². The molecular weight excluding hydrogens is 266 g/mol. The Morgan fingerprint density at radius 2 is 2.06 bits per heavy atom. The fraction of sp³-hybridized carbons (Fsp3) is 0.286. The van der Waals surface area contributed by atoms with E-state index in [0.717, 1.165) is 16.3 Å². The Morgan fingerprint density at radius 3 is 2.61 bits per heavy atom. The summed E-state index contributed by atoms with van der Waals surface area (Å²) >= 11 is 7.80. The molecule has 1 N–H and O–H groups in total. The molecule has 1 unspecified atom stereocenters. The maximum Gasteiger partial charge on any atom is 0.124 e. The van der Waals surface area contributed by atoms with Gasteiger partial charge < -0.3 is 10.1 Å². The van der Waals surface area contributed by atoms with Crippen LogP contribution < -0.4 is 10.1 Å². The molecule has 1 aromatic heterocycles.